The van der Waals surface area contributed by atoms with Crippen LogP contribution in [0.5, 0.6) is 0 Å². The molecule has 2 heterocycles. The van der Waals surface area contributed by atoms with E-state index < -0.39 is 0 Å². The average molecular weight is 208 g/mol. The summed E-state index contributed by atoms with van der Waals surface area (Å²) in [6, 6.07) is 3.27. The SMILES string of the molecule is CC1CC(Nc2ccn(C)n2)CCN1C. The molecule has 1 fully saturated rings. The van der Waals surface area contributed by atoms with Crippen LogP contribution in [0.2, 0.25) is 0 Å². The molecule has 1 aliphatic rings. The Kier molecular flexibility index (Phi) is 2.95. The van der Waals surface area contributed by atoms with Crippen molar-refractivity contribution in [1.82, 2.24) is 14.7 Å². The van der Waals surface area contributed by atoms with E-state index in [-0.39, 0.29) is 0 Å². The maximum atomic E-state index is 4.34. The molecule has 0 spiro atoms. The molecule has 0 aromatic carbocycles. The molecule has 4 nitrogen and oxygen atoms in total. The summed E-state index contributed by atoms with van der Waals surface area (Å²) in [6.45, 7) is 3.46. The largest absolute Gasteiger partial charge is 0.366 e. The minimum absolute atomic E-state index is 0.575. The first kappa shape index (κ1) is 10.5. The highest BCUT2D eigenvalue weighted by Gasteiger charge is 2.22. The molecule has 0 radical (unpaired) electrons. The number of anilines is 1. The predicted molar refractivity (Wildman–Crippen MR) is 61.9 cm³/mol. The standard InChI is InChI=1S/C11H20N4/c1-9-8-10(4-6-14(9)2)12-11-5-7-15(3)13-11/h5,7,9-10H,4,6,8H2,1-3H3,(H,12,13). The van der Waals surface area contributed by atoms with Gasteiger partial charge in [0.25, 0.3) is 0 Å². The summed E-state index contributed by atoms with van der Waals surface area (Å²) in [4.78, 5) is 2.41. The minimum atomic E-state index is 0.575. The number of piperidine rings is 1. The highest BCUT2D eigenvalue weighted by molar-refractivity contribution is 5.33. The van der Waals surface area contributed by atoms with Crippen LogP contribution in [0.1, 0.15) is 19.8 Å². The molecule has 0 bridgehead atoms. The second-order valence-electron chi connectivity index (χ2n) is 4.57. The Hall–Kier alpha value is -1.03. The van der Waals surface area contributed by atoms with Crippen LogP contribution in [0, 0.1) is 0 Å². The van der Waals surface area contributed by atoms with Crippen molar-refractivity contribution in [2.45, 2.75) is 31.8 Å². The summed E-state index contributed by atoms with van der Waals surface area (Å²) in [5, 5.41) is 7.83. The van der Waals surface area contributed by atoms with Gasteiger partial charge >= 0.3 is 0 Å². The quantitative estimate of drug-likeness (QED) is 0.795. The molecule has 1 aliphatic heterocycles. The fourth-order valence-corrected chi connectivity index (χ4v) is 2.12. The summed E-state index contributed by atoms with van der Waals surface area (Å²) in [5.74, 6) is 0.999. The van der Waals surface area contributed by atoms with Gasteiger partial charge in [0.2, 0.25) is 0 Å². The van der Waals surface area contributed by atoms with Gasteiger partial charge in [-0.05, 0) is 26.8 Å². The molecule has 2 rings (SSSR count). The van der Waals surface area contributed by atoms with Crippen molar-refractivity contribution in [3.05, 3.63) is 12.3 Å². The summed E-state index contributed by atoms with van der Waals surface area (Å²) in [6.07, 6.45) is 4.38. The number of rotatable bonds is 2. The van der Waals surface area contributed by atoms with Crippen LogP contribution >= 0.6 is 0 Å². The zero-order valence-electron chi connectivity index (χ0n) is 9.77. The Labute approximate surface area is 91.3 Å². The lowest BCUT2D eigenvalue weighted by molar-refractivity contribution is 0.190. The van der Waals surface area contributed by atoms with Crippen LogP contribution in [-0.4, -0.2) is 40.4 Å². The number of aryl methyl sites for hydroxylation is 1. The van der Waals surface area contributed by atoms with Gasteiger partial charge in [-0.25, -0.2) is 0 Å². The van der Waals surface area contributed by atoms with Crippen LogP contribution in [-0.2, 0) is 7.05 Å². The highest BCUT2D eigenvalue weighted by atomic mass is 15.3. The maximum absolute atomic E-state index is 4.34. The average Bonchev–Trinajstić information content (AvgIpc) is 2.58. The molecule has 0 saturated carbocycles. The van der Waals surface area contributed by atoms with Crippen LogP contribution in [0.25, 0.3) is 0 Å². The van der Waals surface area contributed by atoms with Crippen molar-refractivity contribution in [1.29, 1.82) is 0 Å². The van der Waals surface area contributed by atoms with E-state index in [0.29, 0.717) is 12.1 Å². The first-order chi connectivity index (χ1) is 7.15. The summed E-state index contributed by atoms with van der Waals surface area (Å²) < 4.78 is 1.83. The number of nitrogens with zero attached hydrogens (tertiary/aromatic N) is 3. The molecule has 84 valence electrons. The number of likely N-dealkylation sites (tertiary alicyclic amines) is 1. The third-order valence-electron chi connectivity index (χ3n) is 3.27. The van der Waals surface area contributed by atoms with Gasteiger partial charge < -0.3 is 10.2 Å². The maximum Gasteiger partial charge on any atom is 0.148 e. The topological polar surface area (TPSA) is 33.1 Å². The van der Waals surface area contributed by atoms with E-state index in [9.17, 15) is 0 Å². The summed E-state index contributed by atoms with van der Waals surface area (Å²) in [5.41, 5.74) is 0. The van der Waals surface area contributed by atoms with E-state index in [1.165, 1.54) is 19.4 Å². The van der Waals surface area contributed by atoms with E-state index in [1.807, 2.05) is 24.0 Å². The predicted octanol–water partition coefficient (Wildman–Crippen LogP) is 1.31. The van der Waals surface area contributed by atoms with Crippen LogP contribution in [0.4, 0.5) is 5.82 Å². The summed E-state index contributed by atoms with van der Waals surface area (Å²) >= 11 is 0. The van der Waals surface area contributed by atoms with Crippen LogP contribution in [0.15, 0.2) is 12.3 Å². The highest BCUT2D eigenvalue weighted by Crippen LogP contribution is 2.18. The normalized spacial score (nSPS) is 27.9. The van der Waals surface area contributed by atoms with Crippen LogP contribution < -0.4 is 5.32 Å². The lowest BCUT2D eigenvalue weighted by Gasteiger charge is -2.35. The van der Waals surface area contributed by atoms with Gasteiger partial charge in [0.05, 0.1) is 0 Å². The Morgan fingerprint density at radius 3 is 2.87 bits per heavy atom. The Morgan fingerprint density at radius 1 is 1.47 bits per heavy atom. The minimum Gasteiger partial charge on any atom is -0.366 e. The third-order valence-corrected chi connectivity index (χ3v) is 3.27. The van der Waals surface area contributed by atoms with Gasteiger partial charge in [0, 0.05) is 37.9 Å². The fourth-order valence-electron chi connectivity index (χ4n) is 2.12. The second kappa shape index (κ2) is 4.23. The Balaban J connectivity index is 1.90. The van der Waals surface area contributed by atoms with Gasteiger partial charge in [-0.2, -0.15) is 5.10 Å². The van der Waals surface area contributed by atoms with Gasteiger partial charge in [0.1, 0.15) is 5.82 Å². The van der Waals surface area contributed by atoms with Gasteiger partial charge in [-0.1, -0.05) is 0 Å². The lowest BCUT2D eigenvalue weighted by Crippen LogP contribution is -2.42. The molecule has 1 N–H and O–H groups in total. The lowest BCUT2D eigenvalue weighted by atomic mass is 9.99. The van der Waals surface area contributed by atoms with Gasteiger partial charge in [-0.15, -0.1) is 0 Å². The van der Waals surface area contributed by atoms with Crippen molar-refractivity contribution in [2.24, 2.45) is 7.05 Å². The molecule has 4 heteroatoms. The molecular formula is C11H20N4. The van der Waals surface area contributed by atoms with Crippen molar-refractivity contribution in [2.75, 3.05) is 18.9 Å². The van der Waals surface area contributed by atoms with Crippen molar-refractivity contribution in [3.63, 3.8) is 0 Å². The van der Waals surface area contributed by atoms with Crippen LogP contribution in [0.3, 0.4) is 0 Å². The van der Waals surface area contributed by atoms with E-state index >= 15 is 0 Å². The van der Waals surface area contributed by atoms with E-state index in [0.717, 1.165) is 5.82 Å². The smallest absolute Gasteiger partial charge is 0.148 e. The molecule has 0 aliphatic carbocycles. The number of aromatic nitrogens is 2. The second-order valence-corrected chi connectivity index (χ2v) is 4.57. The van der Waals surface area contributed by atoms with Gasteiger partial charge in [0.15, 0.2) is 0 Å². The van der Waals surface area contributed by atoms with E-state index in [1.54, 1.807) is 0 Å². The number of nitrogens with one attached hydrogen (secondary N) is 1. The monoisotopic (exact) mass is 208 g/mol. The molecular weight excluding hydrogens is 188 g/mol. The van der Waals surface area contributed by atoms with Crippen molar-refractivity contribution < 1.29 is 0 Å². The number of hydrogen-bond donors (Lipinski definition) is 1. The Morgan fingerprint density at radius 2 is 2.27 bits per heavy atom. The van der Waals surface area contributed by atoms with Gasteiger partial charge in [-0.3, -0.25) is 4.68 Å². The molecule has 2 unspecified atom stereocenters. The summed E-state index contributed by atoms with van der Waals surface area (Å²) in [7, 11) is 4.14. The first-order valence-corrected chi connectivity index (χ1v) is 5.61. The number of hydrogen-bond acceptors (Lipinski definition) is 3. The first-order valence-electron chi connectivity index (χ1n) is 5.61. The molecule has 1 aromatic heterocycles. The molecule has 0 amide bonds. The van der Waals surface area contributed by atoms with E-state index in [2.05, 4.69) is 29.3 Å². The molecule has 1 aromatic rings. The zero-order chi connectivity index (χ0) is 10.8. The van der Waals surface area contributed by atoms with Crippen molar-refractivity contribution >= 4 is 5.82 Å². The molecule has 15 heavy (non-hydrogen) atoms. The van der Waals surface area contributed by atoms with Crippen molar-refractivity contribution in [3.8, 4) is 0 Å². The molecule has 1 saturated heterocycles. The third kappa shape index (κ3) is 2.50. The Bertz CT molecular complexity index is 320. The zero-order valence-corrected chi connectivity index (χ0v) is 9.77. The van der Waals surface area contributed by atoms with E-state index in [4.69, 9.17) is 0 Å². The fraction of sp³-hybridized carbons (Fsp3) is 0.727. The molecule has 2 atom stereocenters.